The highest BCUT2D eigenvalue weighted by atomic mass is 35.5. The molecule has 13 nitrogen and oxygen atoms in total. The lowest BCUT2D eigenvalue weighted by Crippen LogP contribution is -2.63. The molecule has 2 fully saturated rings. The molecular formula is C36H50ClN3O10S. The number of amides is 3. The average molecular weight is 752 g/mol. The SMILES string of the molecule is COc1cc2cc(c1Cl)N(C)C(=O)C[C@H](OC(=O)[C@H](C)N(C)C(=O)C(C)(C)CS)C1O[C@H]1[C@H](C)[C@@H]1C[C@@](O)(NC(=O)O1)[C@H](OC)/C=C/C=C(\C)C2. The second-order valence-electron chi connectivity index (χ2n) is 14.3. The molecule has 3 heterocycles. The third-order valence-electron chi connectivity index (χ3n) is 9.89. The van der Waals surface area contributed by atoms with Crippen LogP contribution >= 0.6 is 24.2 Å². The van der Waals surface area contributed by atoms with Gasteiger partial charge in [0.1, 0.15) is 41.2 Å². The number of likely N-dealkylation sites (N-methyl/N-ethyl adjacent to an activating group) is 1. The molecule has 2 saturated heterocycles. The predicted molar refractivity (Wildman–Crippen MR) is 194 cm³/mol. The number of esters is 1. The van der Waals surface area contributed by atoms with E-state index in [9.17, 15) is 24.3 Å². The number of halogens is 1. The molecule has 3 amide bonds. The molecule has 51 heavy (non-hydrogen) atoms. The molecule has 4 bridgehead atoms. The fourth-order valence-corrected chi connectivity index (χ4v) is 6.80. The number of allylic oxidation sites excluding steroid dienone is 3. The van der Waals surface area contributed by atoms with E-state index in [1.54, 1.807) is 59.0 Å². The Morgan fingerprint density at radius 3 is 2.57 bits per heavy atom. The van der Waals surface area contributed by atoms with Gasteiger partial charge < -0.3 is 38.6 Å². The highest BCUT2D eigenvalue weighted by Crippen LogP contribution is 2.41. The van der Waals surface area contributed by atoms with Crippen LogP contribution in [0.25, 0.3) is 0 Å². The Balaban J connectivity index is 1.74. The van der Waals surface area contributed by atoms with Gasteiger partial charge >= 0.3 is 12.1 Å². The van der Waals surface area contributed by atoms with Crippen LogP contribution in [0.5, 0.6) is 5.75 Å². The van der Waals surface area contributed by atoms with E-state index in [1.165, 1.54) is 31.1 Å². The van der Waals surface area contributed by atoms with Gasteiger partial charge in [0.25, 0.3) is 0 Å². The minimum absolute atomic E-state index is 0.0425. The Morgan fingerprint density at radius 1 is 1.25 bits per heavy atom. The quantitative estimate of drug-likeness (QED) is 0.211. The van der Waals surface area contributed by atoms with Crippen molar-refractivity contribution in [3.8, 4) is 5.75 Å². The van der Waals surface area contributed by atoms with E-state index in [1.807, 2.05) is 13.0 Å². The lowest BCUT2D eigenvalue weighted by Gasteiger charge is -2.41. The number of fused-ring (bicyclic) bond motifs is 5. The summed E-state index contributed by atoms with van der Waals surface area (Å²) in [7, 11) is 6.00. The lowest BCUT2D eigenvalue weighted by molar-refractivity contribution is -0.161. The van der Waals surface area contributed by atoms with Crippen molar-refractivity contribution in [2.24, 2.45) is 11.3 Å². The van der Waals surface area contributed by atoms with Gasteiger partial charge in [-0.1, -0.05) is 56.2 Å². The first-order chi connectivity index (χ1) is 23.9. The number of rotatable bonds is 7. The first-order valence-corrected chi connectivity index (χ1v) is 17.8. The van der Waals surface area contributed by atoms with Crippen LogP contribution in [-0.4, -0.2) is 110 Å². The molecule has 15 heteroatoms. The molecule has 4 rings (SSSR count). The van der Waals surface area contributed by atoms with Crippen LogP contribution in [-0.2, 0) is 39.8 Å². The molecule has 0 aliphatic carbocycles. The molecule has 1 aromatic rings. The van der Waals surface area contributed by atoms with Crippen molar-refractivity contribution >= 4 is 53.8 Å². The maximum atomic E-state index is 14.0. The fourth-order valence-electron chi connectivity index (χ4n) is 6.36. The zero-order valence-electron chi connectivity index (χ0n) is 30.6. The number of carbonyl (C=O) groups excluding carboxylic acids is 4. The molecule has 0 aromatic heterocycles. The van der Waals surface area contributed by atoms with Crippen molar-refractivity contribution < 1.29 is 48.0 Å². The van der Waals surface area contributed by atoms with Crippen molar-refractivity contribution in [1.29, 1.82) is 0 Å². The molecule has 0 saturated carbocycles. The number of nitrogens with one attached hydrogen (secondary N) is 1. The van der Waals surface area contributed by atoms with E-state index in [0.717, 1.165) is 11.1 Å². The third kappa shape index (κ3) is 9.02. The van der Waals surface area contributed by atoms with Gasteiger partial charge in [0.15, 0.2) is 5.72 Å². The number of alkyl carbamates (subject to hydrolysis) is 1. The van der Waals surface area contributed by atoms with Gasteiger partial charge in [-0.3, -0.25) is 14.9 Å². The maximum absolute atomic E-state index is 14.0. The highest BCUT2D eigenvalue weighted by molar-refractivity contribution is 7.80. The van der Waals surface area contributed by atoms with Crippen molar-refractivity contribution in [1.82, 2.24) is 10.2 Å². The standard InChI is InChI=1S/C36H50ClN3O10S/c1-19-11-10-12-27(47-9)36(45)17-26(49-34(44)38-36)20(2)30-31(50-30)25(48-32(42)21(3)39(6)33(43)35(4,5)18-51)16-28(41)40(7)23-14-22(13-19)15-24(46-8)29(23)37/h10-12,14-15,20-21,25-27,30-31,45,51H,13,16-18H2,1-9H3,(H,38,44)/b12-10+,19-11+/t20-,21+,25+,26+,27-,30+,31?,36+/m1/s1. The number of hydrogen-bond acceptors (Lipinski definition) is 11. The maximum Gasteiger partial charge on any atom is 0.409 e. The van der Waals surface area contributed by atoms with Crippen LogP contribution in [0.2, 0.25) is 5.02 Å². The number of methoxy groups -OCH3 is 2. The fraction of sp³-hybridized carbons (Fsp3) is 0.611. The number of anilines is 1. The van der Waals surface area contributed by atoms with Gasteiger partial charge in [0.2, 0.25) is 11.8 Å². The summed E-state index contributed by atoms with van der Waals surface area (Å²) in [5.74, 6) is -1.33. The third-order valence-corrected chi connectivity index (χ3v) is 11.1. The number of hydrogen-bond donors (Lipinski definition) is 3. The van der Waals surface area contributed by atoms with Crippen molar-refractivity contribution in [2.75, 3.05) is 39.0 Å². The first-order valence-electron chi connectivity index (χ1n) is 16.8. The van der Waals surface area contributed by atoms with Gasteiger partial charge in [-0.15, -0.1) is 0 Å². The Hall–Kier alpha value is -3.30. The topological polar surface area (TPSA) is 156 Å². The largest absolute Gasteiger partial charge is 0.495 e. The number of ether oxygens (including phenoxy) is 5. The summed E-state index contributed by atoms with van der Waals surface area (Å²) in [6.45, 7) is 8.72. The van der Waals surface area contributed by atoms with Crippen molar-refractivity contribution in [3.63, 3.8) is 0 Å². The summed E-state index contributed by atoms with van der Waals surface area (Å²) < 4.78 is 28.8. The molecule has 0 spiro atoms. The Bertz CT molecular complexity index is 1570. The molecule has 3 aliphatic heterocycles. The second kappa shape index (κ2) is 16.2. The average Bonchev–Trinajstić information content (AvgIpc) is 3.88. The van der Waals surface area contributed by atoms with Crippen LogP contribution in [0.4, 0.5) is 10.5 Å². The summed E-state index contributed by atoms with van der Waals surface area (Å²) in [4.78, 5) is 56.2. The van der Waals surface area contributed by atoms with Crippen molar-refractivity contribution in [2.45, 2.75) is 96.2 Å². The minimum atomic E-state index is -1.81. The van der Waals surface area contributed by atoms with E-state index in [-0.39, 0.29) is 29.5 Å². The van der Waals surface area contributed by atoms with Gasteiger partial charge in [-0.05, 0) is 38.0 Å². The molecule has 0 radical (unpaired) electrons. The van der Waals surface area contributed by atoms with E-state index < -0.39 is 71.6 Å². The number of thiol groups is 1. The lowest BCUT2D eigenvalue weighted by atomic mass is 9.87. The number of aliphatic hydroxyl groups is 1. The molecule has 1 unspecified atom stereocenters. The van der Waals surface area contributed by atoms with Crippen LogP contribution in [0.1, 0.15) is 53.0 Å². The smallest absolute Gasteiger partial charge is 0.409 e. The van der Waals surface area contributed by atoms with Gasteiger partial charge in [0.05, 0.1) is 30.7 Å². The Labute approximate surface area is 310 Å². The molecule has 2 N–H and O–H groups in total. The summed E-state index contributed by atoms with van der Waals surface area (Å²) in [6.07, 6.45) is 0.307. The number of carbonyl (C=O) groups is 4. The zero-order valence-corrected chi connectivity index (χ0v) is 32.2. The number of benzene rings is 1. The zero-order chi connectivity index (χ0) is 38.0. The summed E-state index contributed by atoms with van der Waals surface area (Å²) >= 11 is 11.0. The van der Waals surface area contributed by atoms with Crippen molar-refractivity contribution in [3.05, 3.63) is 46.5 Å². The van der Waals surface area contributed by atoms with E-state index in [2.05, 4.69) is 17.9 Å². The van der Waals surface area contributed by atoms with Crippen LogP contribution in [0.15, 0.2) is 35.9 Å². The molecule has 1 aromatic carbocycles. The monoisotopic (exact) mass is 751 g/mol. The highest BCUT2D eigenvalue weighted by Gasteiger charge is 2.56. The summed E-state index contributed by atoms with van der Waals surface area (Å²) in [5.41, 5.74) is -0.521. The Kier molecular flexibility index (Phi) is 12.8. The molecule has 282 valence electrons. The van der Waals surface area contributed by atoms with E-state index in [4.69, 9.17) is 35.3 Å². The van der Waals surface area contributed by atoms with Crippen LogP contribution in [0.3, 0.4) is 0 Å². The van der Waals surface area contributed by atoms with Gasteiger partial charge in [0, 0.05) is 39.3 Å². The summed E-state index contributed by atoms with van der Waals surface area (Å²) in [5, 5.41) is 14.4. The molecule has 3 aliphatic rings. The van der Waals surface area contributed by atoms with Gasteiger partial charge in [-0.2, -0.15) is 12.6 Å². The molecule has 8 atom stereocenters. The van der Waals surface area contributed by atoms with Gasteiger partial charge in [-0.25, -0.2) is 9.59 Å². The molecular weight excluding hydrogens is 702 g/mol. The summed E-state index contributed by atoms with van der Waals surface area (Å²) in [6, 6.07) is 2.58. The van der Waals surface area contributed by atoms with E-state index in [0.29, 0.717) is 17.9 Å². The van der Waals surface area contributed by atoms with E-state index >= 15 is 0 Å². The Morgan fingerprint density at radius 2 is 1.94 bits per heavy atom. The second-order valence-corrected chi connectivity index (χ2v) is 14.9. The normalized spacial score (nSPS) is 30.8. The number of epoxide rings is 1. The first kappa shape index (κ1) is 40.5. The minimum Gasteiger partial charge on any atom is -0.495 e. The van der Waals surface area contributed by atoms with Crippen LogP contribution in [0, 0.1) is 11.3 Å². The van der Waals surface area contributed by atoms with Crippen LogP contribution < -0.4 is 15.0 Å². The number of nitrogens with zero attached hydrogens (tertiary/aromatic N) is 2. The predicted octanol–water partition coefficient (Wildman–Crippen LogP) is 4.08.